The molecule has 0 amide bonds. The molecule has 6 aromatic rings. The number of pyridine rings is 1. The largest absolute Gasteiger partial charge is 0.455 e. The van der Waals surface area contributed by atoms with Crippen molar-refractivity contribution in [2.45, 2.75) is 13.8 Å². The van der Waals surface area contributed by atoms with Crippen LogP contribution in [0, 0.1) is 13.8 Å². The predicted molar refractivity (Wildman–Crippen MR) is 133 cm³/mol. The standard InChI is InChI=1S/C30H24NO/c1-19-15-27-24-14-13-22-11-7-8-12-23(22)30(24)32-29(27)17-26(19)28-16-25(20(2)18-31(28)3)21-9-5-4-6-10-21/h4-18H,1-3H3/q+1/i2D3. The summed E-state index contributed by atoms with van der Waals surface area (Å²) in [5, 5.41) is 4.42. The molecular weight excluding hydrogens is 390 g/mol. The van der Waals surface area contributed by atoms with Crippen molar-refractivity contribution in [3.05, 3.63) is 102 Å². The fourth-order valence-corrected chi connectivity index (χ4v) is 4.71. The van der Waals surface area contributed by atoms with Crippen LogP contribution in [-0.4, -0.2) is 0 Å². The average molecular weight is 418 g/mol. The molecule has 0 aliphatic carbocycles. The minimum absolute atomic E-state index is 0.337. The van der Waals surface area contributed by atoms with Crippen LogP contribution in [-0.2, 0) is 7.05 Å². The molecule has 0 saturated heterocycles. The fraction of sp³-hybridized carbons (Fsp3) is 0.100. The zero-order chi connectivity index (χ0) is 24.3. The molecule has 0 fully saturated rings. The van der Waals surface area contributed by atoms with Crippen molar-refractivity contribution in [2.75, 3.05) is 0 Å². The van der Waals surface area contributed by atoms with E-state index in [1.54, 1.807) is 6.20 Å². The van der Waals surface area contributed by atoms with E-state index in [9.17, 15) is 0 Å². The highest BCUT2D eigenvalue weighted by molar-refractivity contribution is 6.15. The van der Waals surface area contributed by atoms with Crippen LogP contribution in [0.25, 0.3) is 55.1 Å². The SMILES string of the molecule is [2H]C([2H])([2H])c1c[n+](C)c(-c2cc3oc4c5ccccc5ccc4c3cc2C)cc1-c1ccccc1. The smallest absolute Gasteiger partial charge is 0.213 e. The highest BCUT2D eigenvalue weighted by atomic mass is 16.3. The summed E-state index contributed by atoms with van der Waals surface area (Å²) < 4.78 is 32.7. The zero-order valence-corrected chi connectivity index (χ0v) is 18.0. The Balaban J connectivity index is 1.61. The van der Waals surface area contributed by atoms with Crippen LogP contribution in [0.15, 0.2) is 95.5 Å². The molecule has 0 saturated carbocycles. The Bertz CT molecular complexity index is 1750. The Labute approximate surface area is 191 Å². The van der Waals surface area contributed by atoms with Crippen LogP contribution in [0.3, 0.4) is 0 Å². The lowest BCUT2D eigenvalue weighted by Crippen LogP contribution is -2.31. The van der Waals surface area contributed by atoms with Crippen LogP contribution in [0.1, 0.15) is 15.2 Å². The lowest BCUT2D eigenvalue weighted by atomic mass is 9.96. The number of furan rings is 1. The Morgan fingerprint density at radius 1 is 0.750 bits per heavy atom. The summed E-state index contributed by atoms with van der Waals surface area (Å²) in [7, 11) is 1.90. The van der Waals surface area contributed by atoms with Gasteiger partial charge in [-0.3, -0.25) is 0 Å². The monoisotopic (exact) mass is 417 g/mol. The van der Waals surface area contributed by atoms with E-state index >= 15 is 0 Å². The molecule has 0 radical (unpaired) electrons. The maximum Gasteiger partial charge on any atom is 0.213 e. The van der Waals surface area contributed by atoms with Gasteiger partial charge in [-0.1, -0.05) is 60.7 Å². The maximum absolute atomic E-state index is 8.12. The van der Waals surface area contributed by atoms with E-state index in [2.05, 4.69) is 43.3 Å². The first-order chi connectivity index (χ1) is 16.8. The normalized spacial score (nSPS) is 13.4. The van der Waals surface area contributed by atoms with Gasteiger partial charge >= 0.3 is 0 Å². The Hall–Kier alpha value is -3.91. The molecule has 0 atom stereocenters. The first kappa shape index (κ1) is 15.8. The first-order valence-corrected chi connectivity index (χ1v) is 10.8. The molecular formula is C30H24NO+. The second kappa shape index (κ2) is 7.06. The van der Waals surface area contributed by atoms with Crippen LogP contribution in [0.4, 0.5) is 0 Å². The fourth-order valence-electron chi connectivity index (χ4n) is 4.71. The Kier molecular flexibility index (Phi) is 3.49. The van der Waals surface area contributed by atoms with Gasteiger partial charge in [0.2, 0.25) is 5.69 Å². The molecule has 0 N–H and O–H groups in total. The van der Waals surface area contributed by atoms with Crippen molar-refractivity contribution in [2.24, 2.45) is 7.05 Å². The molecule has 154 valence electrons. The number of nitrogens with zero attached hydrogens (tertiary/aromatic N) is 1. The quantitative estimate of drug-likeness (QED) is 0.266. The van der Waals surface area contributed by atoms with Crippen LogP contribution in [0.5, 0.6) is 0 Å². The summed E-state index contributed by atoms with van der Waals surface area (Å²) in [5.74, 6) is 0. The van der Waals surface area contributed by atoms with E-state index in [0.29, 0.717) is 11.1 Å². The van der Waals surface area contributed by atoms with Gasteiger partial charge in [0.1, 0.15) is 18.2 Å². The minimum Gasteiger partial charge on any atom is -0.455 e. The van der Waals surface area contributed by atoms with Gasteiger partial charge in [0.15, 0.2) is 6.20 Å². The Morgan fingerprint density at radius 2 is 1.56 bits per heavy atom. The number of aromatic nitrogens is 1. The third-order valence-electron chi connectivity index (χ3n) is 6.34. The summed E-state index contributed by atoms with van der Waals surface area (Å²) in [5.41, 5.74) is 6.69. The summed E-state index contributed by atoms with van der Waals surface area (Å²) >= 11 is 0. The molecule has 4 aromatic carbocycles. The number of hydrogen-bond acceptors (Lipinski definition) is 1. The van der Waals surface area contributed by atoms with Gasteiger partial charge in [-0.2, -0.15) is 0 Å². The number of rotatable bonds is 2. The van der Waals surface area contributed by atoms with E-state index < -0.39 is 6.85 Å². The molecule has 2 aromatic heterocycles. The van der Waals surface area contributed by atoms with E-state index in [1.165, 1.54) is 0 Å². The molecule has 6 rings (SSSR count). The summed E-state index contributed by atoms with van der Waals surface area (Å²) in [6.45, 7) is -0.130. The van der Waals surface area contributed by atoms with Crippen molar-refractivity contribution in [1.82, 2.24) is 0 Å². The first-order valence-electron chi connectivity index (χ1n) is 12.3. The van der Waals surface area contributed by atoms with Gasteiger partial charge in [-0.15, -0.1) is 0 Å². The van der Waals surface area contributed by atoms with Crippen molar-refractivity contribution >= 4 is 32.7 Å². The summed E-state index contributed by atoms with van der Waals surface area (Å²) in [6.07, 6.45) is 1.74. The van der Waals surface area contributed by atoms with Crippen molar-refractivity contribution in [1.29, 1.82) is 0 Å². The lowest BCUT2D eigenvalue weighted by molar-refractivity contribution is -0.660. The highest BCUT2D eigenvalue weighted by Gasteiger charge is 2.19. The van der Waals surface area contributed by atoms with Crippen molar-refractivity contribution < 1.29 is 13.1 Å². The Morgan fingerprint density at radius 3 is 2.41 bits per heavy atom. The van der Waals surface area contributed by atoms with Crippen molar-refractivity contribution in [3.63, 3.8) is 0 Å². The van der Waals surface area contributed by atoms with Gasteiger partial charge in [-0.05, 0) is 54.1 Å². The molecule has 0 unspecified atom stereocenters. The van der Waals surface area contributed by atoms with E-state index in [-0.39, 0.29) is 0 Å². The second-order valence-corrected chi connectivity index (χ2v) is 8.39. The number of aryl methyl sites for hydroxylation is 3. The molecule has 32 heavy (non-hydrogen) atoms. The third-order valence-corrected chi connectivity index (χ3v) is 6.34. The number of fused-ring (bicyclic) bond motifs is 5. The molecule has 2 nitrogen and oxygen atoms in total. The van der Waals surface area contributed by atoms with Gasteiger partial charge < -0.3 is 4.42 Å². The molecule has 2 heteroatoms. The minimum atomic E-state index is -2.22. The zero-order valence-electron chi connectivity index (χ0n) is 21.0. The molecule has 0 aliphatic rings. The van der Waals surface area contributed by atoms with Gasteiger partial charge in [0, 0.05) is 31.9 Å². The highest BCUT2D eigenvalue weighted by Crippen LogP contribution is 2.37. The lowest BCUT2D eigenvalue weighted by Gasteiger charge is -2.10. The van der Waals surface area contributed by atoms with Gasteiger partial charge in [0.05, 0.1) is 5.56 Å². The number of hydrogen-bond donors (Lipinski definition) is 0. The second-order valence-electron chi connectivity index (χ2n) is 8.39. The van der Waals surface area contributed by atoms with Crippen LogP contribution < -0.4 is 4.57 Å². The van der Waals surface area contributed by atoms with Gasteiger partial charge in [-0.25, -0.2) is 4.57 Å². The van der Waals surface area contributed by atoms with E-state index in [1.807, 2.05) is 60.1 Å². The summed E-state index contributed by atoms with van der Waals surface area (Å²) in [6, 6.07) is 28.5. The number of benzene rings is 4. The molecule has 2 heterocycles. The summed E-state index contributed by atoms with van der Waals surface area (Å²) in [4.78, 5) is 0. The third kappa shape index (κ3) is 2.84. The predicted octanol–water partition coefficient (Wildman–Crippen LogP) is 7.51. The topological polar surface area (TPSA) is 17.0 Å². The van der Waals surface area contributed by atoms with Crippen LogP contribution >= 0.6 is 0 Å². The van der Waals surface area contributed by atoms with Crippen molar-refractivity contribution in [3.8, 4) is 22.4 Å². The molecule has 0 aliphatic heterocycles. The van der Waals surface area contributed by atoms with Crippen LogP contribution in [0.2, 0.25) is 0 Å². The molecule has 0 bridgehead atoms. The molecule has 0 spiro atoms. The van der Waals surface area contributed by atoms with E-state index in [0.717, 1.165) is 55.1 Å². The van der Waals surface area contributed by atoms with E-state index in [4.69, 9.17) is 8.53 Å². The maximum atomic E-state index is 8.12. The average Bonchev–Trinajstić information content (AvgIpc) is 3.21. The van der Waals surface area contributed by atoms with Gasteiger partial charge in [0.25, 0.3) is 0 Å².